The summed E-state index contributed by atoms with van der Waals surface area (Å²) in [6, 6.07) is 2.62. The van der Waals surface area contributed by atoms with E-state index in [9.17, 15) is 19.2 Å². The average Bonchev–Trinajstić information content (AvgIpc) is 3.46. The van der Waals surface area contributed by atoms with E-state index in [-0.39, 0.29) is 55.3 Å². The van der Waals surface area contributed by atoms with E-state index in [1.54, 1.807) is 12.1 Å². The fourth-order valence-corrected chi connectivity index (χ4v) is 9.38. The zero-order valence-electron chi connectivity index (χ0n) is 32.0. The molecule has 0 aromatic heterocycles. The highest BCUT2D eigenvalue weighted by Gasteiger charge is 2.41. The predicted octanol–water partition coefficient (Wildman–Crippen LogP) is 4.40. The van der Waals surface area contributed by atoms with Crippen LogP contribution in [0.4, 0.5) is 14.9 Å². The molecule has 1 aromatic carbocycles. The lowest BCUT2D eigenvalue weighted by Crippen LogP contribution is -2.52. The summed E-state index contributed by atoms with van der Waals surface area (Å²) < 4.78 is 28.1. The molecule has 1 aromatic rings. The number of halogens is 1. The van der Waals surface area contributed by atoms with Gasteiger partial charge in [0.15, 0.2) is 5.82 Å². The van der Waals surface area contributed by atoms with Crippen molar-refractivity contribution in [2.24, 2.45) is 11.8 Å². The van der Waals surface area contributed by atoms with E-state index in [4.69, 9.17) is 9.47 Å². The second-order valence-electron chi connectivity index (χ2n) is 17.3. The minimum atomic E-state index is -0.756. The van der Waals surface area contributed by atoms with Gasteiger partial charge in [0.25, 0.3) is 5.91 Å². The van der Waals surface area contributed by atoms with Gasteiger partial charge in [0, 0.05) is 83.0 Å². The summed E-state index contributed by atoms with van der Waals surface area (Å²) in [6.07, 6.45) is 9.18. The zero-order valence-corrected chi connectivity index (χ0v) is 32.0. The summed E-state index contributed by atoms with van der Waals surface area (Å²) in [5, 5.41) is 2.30. The topological polar surface area (TPSA) is 115 Å². The third kappa shape index (κ3) is 9.16. The monoisotopic (exact) mass is 738 g/mol. The highest BCUT2D eigenvalue weighted by Crippen LogP contribution is 2.36. The van der Waals surface area contributed by atoms with Crippen LogP contribution in [0.25, 0.3) is 0 Å². The number of nitrogens with zero attached hydrogens (tertiary/aromatic N) is 5. The van der Waals surface area contributed by atoms with Crippen molar-refractivity contribution in [1.29, 1.82) is 0 Å². The molecule has 12 nitrogen and oxygen atoms in total. The molecular weight excluding hydrogens is 679 g/mol. The minimum absolute atomic E-state index is 0.0384. The number of fused-ring (bicyclic) bond motifs is 1. The van der Waals surface area contributed by atoms with E-state index in [1.165, 1.54) is 24.2 Å². The number of anilines is 1. The van der Waals surface area contributed by atoms with Gasteiger partial charge in [0.2, 0.25) is 11.8 Å². The summed E-state index contributed by atoms with van der Waals surface area (Å²) in [5.41, 5.74) is 0.678. The number of ether oxygens (including phenoxy) is 2. The van der Waals surface area contributed by atoms with Crippen molar-refractivity contribution in [1.82, 2.24) is 24.9 Å². The standard InChI is InChI=1S/C40H59FN6O6/c1-40(2,3)53-39(51)46-16-4-5-28(25-46)24-44-21-19-43(20-22-44)23-27-6-8-29(9-7-27)52-30-14-17-45(18-15-30)33-11-10-31-32(36(33)41)26-47(38(31)50)34-12-13-35(48)42-37(34)49/h10-11,27-30,34H,4-9,12-26H2,1-3H3,(H,42,48,49)/t27?,28-,29?,34?/m1/s1. The maximum absolute atomic E-state index is 15.9. The normalized spacial score (nSPS) is 28.3. The number of amides is 4. The third-order valence-electron chi connectivity index (χ3n) is 12.3. The molecular formula is C40H59FN6O6. The number of carbonyl (C=O) groups excluding carboxylic acids is 4. The highest BCUT2D eigenvalue weighted by atomic mass is 19.1. The second kappa shape index (κ2) is 16.2. The van der Waals surface area contributed by atoms with Gasteiger partial charge in [-0.05, 0) is 103 Å². The first kappa shape index (κ1) is 38.0. The Morgan fingerprint density at radius 2 is 1.49 bits per heavy atom. The summed E-state index contributed by atoms with van der Waals surface area (Å²) >= 11 is 0. The molecule has 1 aliphatic carbocycles. The Hall–Kier alpha value is -3.29. The smallest absolute Gasteiger partial charge is 0.410 e. The molecule has 4 amide bonds. The molecule has 13 heteroatoms. The zero-order chi connectivity index (χ0) is 37.3. The number of benzene rings is 1. The van der Waals surface area contributed by atoms with Crippen LogP contribution in [0.5, 0.6) is 0 Å². The van der Waals surface area contributed by atoms with Crippen molar-refractivity contribution in [2.75, 3.05) is 70.3 Å². The maximum atomic E-state index is 15.9. The van der Waals surface area contributed by atoms with Crippen LogP contribution >= 0.6 is 0 Å². The predicted molar refractivity (Wildman–Crippen MR) is 198 cm³/mol. The fraction of sp³-hybridized carbons (Fsp3) is 0.750. The van der Waals surface area contributed by atoms with E-state index < -0.39 is 17.6 Å². The van der Waals surface area contributed by atoms with Gasteiger partial charge in [-0.1, -0.05) is 0 Å². The molecule has 292 valence electrons. The quantitative estimate of drug-likeness (QED) is 0.388. The Bertz CT molecular complexity index is 1510. The van der Waals surface area contributed by atoms with Crippen LogP contribution in [0.2, 0.25) is 0 Å². The first-order valence-corrected chi connectivity index (χ1v) is 20.2. The molecule has 53 heavy (non-hydrogen) atoms. The number of hydrogen-bond acceptors (Lipinski definition) is 9. The molecule has 7 rings (SSSR count). The number of hydrogen-bond donors (Lipinski definition) is 1. The van der Waals surface area contributed by atoms with Gasteiger partial charge in [0.1, 0.15) is 11.6 Å². The van der Waals surface area contributed by atoms with Crippen molar-refractivity contribution in [3.05, 3.63) is 29.1 Å². The van der Waals surface area contributed by atoms with Gasteiger partial charge < -0.3 is 34.0 Å². The molecule has 0 radical (unpaired) electrons. The average molecular weight is 739 g/mol. The molecule has 5 fully saturated rings. The van der Waals surface area contributed by atoms with E-state index >= 15 is 4.39 Å². The molecule has 6 aliphatic rings. The van der Waals surface area contributed by atoms with Crippen molar-refractivity contribution in [2.45, 2.75) is 115 Å². The van der Waals surface area contributed by atoms with Crippen LogP contribution in [0.1, 0.15) is 101 Å². The van der Waals surface area contributed by atoms with Gasteiger partial charge in [-0.3, -0.25) is 19.7 Å². The van der Waals surface area contributed by atoms with Gasteiger partial charge >= 0.3 is 6.09 Å². The van der Waals surface area contributed by atoms with Crippen molar-refractivity contribution in [3.63, 3.8) is 0 Å². The molecule has 0 bridgehead atoms. The molecule has 5 aliphatic heterocycles. The molecule has 1 N–H and O–H groups in total. The van der Waals surface area contributed by atoms with Crippen LogP contribution in [0, 0.1) is 17.7 Å². The van der Waals surface area contributed by atoms with Crippen molar-refractivity contribution in [3.8, 4) is 0 Å². The summed E-state index contributed by atoms with van der Waals surface area (Å²) in [5.74, 6) is -0.352. The lowest BCUT2D eigenvalue weighted by Gasteiger charge is -2.41. The Balaban J connectivity index is 0.795. The van der Waals surface area contributed by atoms with E-state index in [0.717, 1.165) is 84.5 Å². The Kier molecular flexibility index (Phi) is 11.6. The molecule has 0 spiro atoms. The first-order chi connectivity index (χ1) is 25.4. The molecule has 1 saturated carbocycles. The molecule has 2 atom stereocenters. The number of likely N-dealkylation sites (tertiary alicyclic amines) is 1. The second-order valence-corrected chi connectivity index (χ2v) is 17.3. The molecule has 5 heterocycles. The summed E-state index contributed by atoms with van der Waals surface area (Å²) in [4.78, 5) is 60.3. The fourth-order valence-electron chi connectivity index (χ4n) is 9.38. The number of piperazine rings is 1. The van der Waals surface area contributed by atoms with E-state index in [1.807, 2.05) is 25.7 Å². The number of imide groups is 1. The highest BCUT2D eigenvalue weighted by molar-refractivity contribution is 6.05. The Labute approximate surface area is 313 Å². The van der Waals surface area contributed by atoms with E-state index in [2.05, 4.69) is 20.0 Å². The first-order valence-electron chi connectivity index (χ1n) is 20.2. The third-order valence-corrected chi connectivity index (χ3v) is 12.3. The van der Waals surface area contributed by atoms with Crippen LogP contribution in [0.3, 0.4) is 0 Å². The Morgan fingerprint density at radius 1 is 0.830 bits per heavy atom. The minimum Gasteiger partial charge on any atom is -0.444 e. The van der Waals surface area contributed by atoms with Crippen LogP contribution < -0.4 is 10.2 Å². The van der Waals surface area contributed by atoms with Crippen LogP contribution in [-0.4, -0.2) is 133 Å². The van der Waals surface area contributed by atoms with Crippen molar-refractivity contribution >= 4 is 29.5 Å². The number of carbonyl (C=O) groups is 4. The lowest BCUT2D eigenvalue weighted by atomic mass is 9.86. The van der Waals surface area contributed by atoms with Gasteiger partial charge in [0.05, 0.1) is 24.4 Å². The maximum Gasteiger partial charge on any atom is 0.410 e. The number of rotatable bonds is 8. The summed E-state index contributed by atoms with van der Waals surface area (Å²) in [7, 11) is 0. The van der Waals surface area contributed by atoms with Gasteiger partial charge in [-0.25, -0.2) is 9.18 Å². The van der Waals surface area contributed by atoms with Crippen LogP contribution in [0.15, 0.2) is 12.1 Å². The SMILES string of the molecule is CC(C)(C)OC(=O)N1CCC[C@H](CN2CCN(CC3CCC(OC4CCN(c5ccc6c(c5F)CN(C5CCC(=O)NC5=O)C6=O)CC4)CC3)CC2)C1. The number of nitrogens with one attached hydrogen (secondary N) is 1. The van der Waals surface area contributed by atoms with Crippen LogP contribution in [-0.2, 0) is 25.6 Å². The van der Waals surface area contributed by atoms with Gasteiger partial charge in [-0.15, -0.1) is 0 Å². The van der Waals surface area contributed by atoms with Gasteiger partial charge in [-0.2, -0.15) is 0 Å². The summed E-state index contributed by atoms with van der Waals surface area (Å²) in [6.45, 7) is 15.4. The molecule has 1 unspecified atom stereocenters. The number of piperidine rings is 3. The van der Waals surface area contributed by atoms with E-state index in [0.29, 0.717) is 41.7 Å². The molecule has 4 saturated heterocycles. The largest absolute Gasteiger partial charge is 0.444 e. The lowest BCUT2D eigenvalue weighted by molar-refractivity contribution is -0.136. The Morgan fingerprint density at radius 3 is 2.15 bits per heavy atom. The van der Waals surface area contributed by atoms with Crippen molar-refractivity contribution < 1.29 is 33.0 Å².